The number of pyridine rings is 1. The average molecular weight is 396 g/mol. The Balaban J connectivity index is 1.77. The number of hydrogen-bond donors (Lipinski definition) is 1. The molecule has 1 unspecified atom stereocenters. The zero-order valence-corrected chi connectivity index (χ0v) is 15.7. The molecule has 0 radical (unpaired) electrons. The van der Waals surface area contributed by atoms with E-state index in [-0.39, 0.29) is 0 Å². The Morgan fingerprint density at radius 1 is 1.19 bits per heavy atom. The van der Waals surface area contributed by atoms with Gasteiger partial charge >= 0.3 is 5.97 Å². The van der Waals surface area contributed by atoms with Gasteiger partial charge in [-0.3, -0.25) is 14.7 Å². The van der Waals surface area contributed by atoms with Gasteiger partial charge in [-0.2, -0.15) is 0 Å². The number of carboxylic acid groups (broad SMARTS) is 1. The van der Waals surface area contributed by atoms with E-state index < -0.39 is 12.0 Å². The first-order chi connectivity index (χ1) is 12.5. The fourth-order valence-corrected chi connectivity index (χ4v) is 3.84. The van der Waals surface area contributed by atoms with Crippen LogP contribution in [0.15, 0.2) is 36.7 Å². The van der Waals surface area contributed by atoms with Gasteiger partial charge in [0.15, 0.2) is 0 Å². The second kappa shape index (κ2) is 8.12. The number of carbonyl (C=O) groups is 1. The highest BCUT2D eigenvalue weighted by molar-refractivity contribution is 6.38. The summed E-state index contributed by atoms with van der Waals surface area (Å²) in [6, 6.07) is 6.45. The van der Waals surface area contributed by atoms with E-state index in [1.807, 2.05) is 11.0 Å². The van der Waals surface area contributed by atoms with Gasteiger partial charge in [0, 0.05) is 38.6 Å². The zero-order chi connectivity index (χ0) is 18.7. The fourth-order valence-electron chi connectivity index (χ4n) is 3.23. The predicted octanol–water partition coefficient (Wildman–Crippen LogP) is 3.34. The largest absolute Gasteiger partial charge is 0.497 e. The molecule has 1 aliphatic heterocycles. The molecule has 1 aliphatic rings. The summed E-state index contributed by atoms with van der Waals surface area (Å²) >= 11 is 12.5. The Labute approximate surface area is 161 Å². The highest BCUT2D eigenvalue weighted by Gasteiger charge is 2.31. The third kappa shape index (κ3) is 3.87. The Morgan fingerprint density at radius 3 is 2.42 bits per heavy atom. The van der Waals surface area contributed by atoms with E-state index in [0.717, 1.165) is 5.69 Å². The molecule has 1 fully saturated rings. The Bertz CT molecular complexity index is 775. The molecule has 1 aromatic heterocycles. The molecule has 0 saturated carbocycles. The van der Waals surface area contributed by atoms with Gasteiger partial charge in [-0.15, -0.1) is 0 Å². The molecule has 0 amide bonds. The molecule has 138 valence electrons. The van der Waals surface area contributed by atoms with Crippen LogP contribution in [0.1, 0.15) is 11.6 Å². The van der Waals surface area contributed by atoms with Gasteiger partial charge in [-0.25, -0.2) is 0 Å². The van der Waals surface area contributed by atoms with E-state index in [1.165, 1.54) is 0 Å². The molecule has 0 spiro atoms. The first-order valence-electron chi connectivity index (χ1n) is 8.16. The number of benzene rings is 1. The number of rotatable bonds is 5. The molecule has 2 aromatic rings. The molecular formula is C18H19Cl2N3O3. The van der Waals surface area contributed by atoms with Crippen molar-refractivity contribution in [1.82, 2.24) is 9.88 Å². The van der Waals surface area contributed by atoms with Gasteiger partial charge < -0.3 is 14.7 Å². The molecule has 26 heavy (non-hydrogen) atoms. The summed E-state index contributed by atoms with van der Waals surface area (Å²) in [5.74, 6) is -0.241. The van der Waals surface area contributed by atoms with E-state index >= 15 is 0 Å². The standard InChI is InChI=1S/C18H19Cl2N3O3/c1-26-13-4-2-3-12(9-13)16(18(24)25)22-5-7-23(8-6-22)17-14(19)10-21-11-15(17)20/h2-4,9-11,16H,5-8H2,1H3,(H,24,25). The van der Waals surface area contributed by atoms with Crippen molar-refractivity contribution in [1.29, 1.82) is 0 Å². The maximum Gasteiger partial charge on any atom is 0.325 e. The van der Waals surface area contributed by atoms with Crippen LogP contribution in [0, 0.1) is 0 Å². The lowest BCUT2D eigenvalue weighted by molar-refractivity contribution is -0.143. The molecule has 0 aliphatic carbocycles. The van der Waals surface area contributed by atoms with Crippen LogP contribution >= 0.6 is 23.2 Å². The molecule has 8 heteroatoms. The first kappa shape index (κ1) is 18.8. The predicted molar refractivity (Wildman–Crippen MR) is 101 cm³/mol. The summed E-state index contributed by atoms with van der Waals surface area (Å²) in [7, 11) is 1.57. The lowest BCUT2D eigenvalue weighted by Crippen LogP contribution is -2.49. The van der Waals surface area contributed by atoms with Crippen LogP contribution in [-0.4, -0.2) is 54.2 Å². The van der Waals surface area contributed by atoms with Crippen LogP contribution in [-0.2, 0) is 4.79 Å². The second-order valence-electron chi connectivity index (χ2n) is 5.99. The summed E-state index contributed by atoms with van der Waals surface area (Å²) in [6.07, 6.45) is 3.12. The van der Waals surface area contributed by atoms with Gasteiger partial charge in [-0.1, -0.05) is 35.3 Å². The Morgan fingerprint density at radius 2 is 1.85 bits per heavy atom. The van der Waals surface area contributed by atoms with Crippen molar-refractivity contribution in [3.63, 3.8) is 0 Å². The summed E-state index contributed by atoms with van der Waals surface area (Å²) < 4.78 is 5.22. The van der Waals surface area contributed by atoms with Crippen molar-refractivity contribution in [2.45, 2.75) is 6.04 Å². The number of nitrogens with zero attached hydrogens (tertiary/aromatic N) is 3. The van der Waals surface area contributed by atoms with Crippen LogP contribution in [0.4, 0.5) is 5.69 Å². The SMILES string of the molecule is COc1cccc(C(C(=O)O)N2CCN(c3c(Cl)cncc3Cl)CC2)c1. The molecule has 1 N–H and O–H groups in total. The van der Waals surface area contributed by atoms with Crippen LogP contribution < -0.4 is 9.64 Å². The number of aliphatic carboxylic acids is 1. The number of hydrogen-bond acceptors (Lipinski definition) is 5. The number of ether oxygens (including phenoxy) is 1. The van der Waals surface area contributed by atoms with Gasteiger partial charge in [-0.05, 0) is 17.7 Å². The molecule has 2 heterocycles. The quantitative estimate of drug-likeness (QED) is 0.837. The molecule has 0 bridgehead atoms. The van der Waals surface area contributed by atoms with Gasteiger partial charge in [0.25, 0.3) is 0 Å². The van der Waals surface area contributed by atoms with Crippen LogP contribution in [0.2, 0.25) is 10.0 Å². The minimum Gasteiger partial charge on any atom is -0.497 e. The molecule has 1 aromatic carbocycles. The lowest BCUT2D eigenvalue weighted by atomic mass is 10.0. The van der Waals surface area contributed by atoms with Crippen LogP contribution in [0.5, 0.6) is 5.75 Å². The number of halogens is 2. The second-order valence-corrected chi connectivity index (χ2v) is 6.81. The summed E-state index contributed by atoms with van der Waals surface area (Å²) in [4.78, 5) is 19.9. The van der Waals surface area contributed by atoms with E-state index in [0.29, 0.717) is 47.5 Å². The van der Waals surface area contributed by atoms with Crippen molar-refractivity contribution in [3.8, 4) is 5.75 Å². The van der Waals surface area contributed by atoms with E-state index in [2.05, 4.69) is 9.88 Å². The summed E-state index contributed by atoms with van der Waals surface area (Å²) in [5.41, 5.74) is 1.45. The van der Waals surface area contributed by atoms with Gasteiger partial charge in [0.1, 0.15) is 11.8 Å². The number of aromatic nitrogens is 1. The maximum absolute atomic E-state index is 11.9. The van der Waals surface area contributed by atoms with Crippen molar-refractivity contribution in [2.24, 2.45) is 0 Å². The van der Waals surface area contributed by atoms with E-state index in [9.17, 15) is 9.90 Å². The molecule has 1 atom stereocenters. The maximum atomic E-state index is 11.9. The topological polar surface area (TPSA) is 65.9 Å². The minimum atomic E-state index is -0.883. The van der Waals surface area contributed by atoms with Crippen molar-refractivity contribution < 1.29 is 14.6 Å². The average Bonchev–Trinajstić information content (AvgIpc) is 2.63. The van der Waals surface area contributed by atoms with Crippen molar-refractivity contribution in [3.05, 3.63) is 52.3 Å². The number of piperazine rings is 1. The first-order valence-corrected chi connectivity index (χ1v) is 8.91. The monoisotopic (exact) mass is 395 g/mol. The number of carboxylic acids is 1. The van der Waals surface area contributed by atoms with Crippen LogP contribution in [0.25, 0.3) is 0 Å². The lowest BCUT2D eigenvalue weighted by Gasteiger charge is -2.39. The van der Waals surface area contributed by atoms with E-state index in [1.54, 1.807) is 37.7 Å². The number of methoxy groups -OCH3 is 1. The molecule has 1 saturated heterocycles. The zero-order valence-electron chi connectivity index (χ0n) is 14.2. The van der Waals surface area contributed by atoms with E-state index in [4.69, 9.17) is 27.9 Å². The number of anilines is 1. The molecular weight excluding hydrogens is 377 g/mol. The third-order valence-electron chi connectivity index (χ3n) is 4.47. The molecule has 3 rings (SSSR count). The fraction of sp³-hybridized carbons (Fsp3) is 0.333. The third-order valence-corrected chi connectivity index (χ3v) is 5.02. The van der Waals surface area contributed by atoms with Gasteiger partial charge in [0.2, 0.25) is 0 Å². The minimum absolute atomic E-state index is 0.494. The van der Waals surface area contributed by atoms with Crippen molar-refractivity contribution >= 4 is 34.9 Å². The highest BCUT2D eigenvalue weighted by atomic mass is 35.5. The smallest absolute Gasteiger partial charge is 0.325 e. The van der Waals surface area contributed by atoms with Crippen molar-refractivity contribution in [2.75, 3.05) is 38.2 Å². The van der Waals surface area contributed by atoms with Gasteiger partial charge in [0.05, 0.1) is 22.8 Å². The molecule has 6 nitrogen and oxygen atoms in total. The Kier molecular flexibility index (Phi) is 5.86. The Hall–Kier alpha value is -2.02. The van der Waals surface area contributed by atoms with Crippen LogP contribution in [0.3, 0.4) is 0 Å². The summed E-state index contributed by atoms with van der Waals surface area (Å²) in [6.45, 7) is 2.39. The normalized spacial score (nSPS) is 16.3. The summed E-state index contributed by atoms with van der Waals surface area (Å²) in [5, 5.41) is 10.8. The highest BCUT2D eigenvalue weighted by Crippen LogP contribution is 2.34.